The second-order valence-electron chi connectivity index (χ2n) is 5.10. The monoisotopic (exact) mass is 285 g/mol. The highest BCUT2D eigenvalue weighted by Gasteiger charge is 2.15. The van der Waals surface area contributed by atoms with Crippen LogP contribution in [-0.2, 0) is 13.0 Å². The lowest BCUT2D eigenvalue weighted by molar-refractivity contribution is 0.772. The van der Waals surface area contributed by atoms with E-state index in [1.165, 1.54) is 6.33 Å². The van der Waals surface area contributed by atoms with Gasteiger partial charge >= 0.3 is 0 Å². The van der Waals surface area contributed by atoms with E-state index in [0.29, 0.717) is 5.82 Å². The third-order valence-electron chi connectivity index (χ3n) is 3.44. The number of nitrogen functional groups attached to an aromatic ring is 1. The second-order valence-corrected chi connectivity index (χ2v) is 5.10. The van der Waals surface area contributed by atoms with Crippen molar-refractivity contribution in [3.05, 3.63) is 41.5 Å². The lowest BCUT2D eigenvalue weighted by atomic mass is 10.1. The lowest BCUT2D eigenvalue weighted by Crippen LogP contribution is -2.25. The molecule has 0 bridgehead atoms. The molecule has 0 unspecified atom stereocenters. The fraction of sp³-hybridized carbons (Fsp3) is 0.438. The van der Waals surface area contributed by atoms with E-state index in [1.54, 1.807) is 0 Å². The van der Waals surface area contributed by atoms with Crippen LogP contribution < -0.4 is 10.6 Å². The summed E-state index contributed by atoms with van der Waals surface area (Å²) in [6, 6.07) is 6.08. The molecule has 0 radical (unpaired) electrons. The molecule has 0 spiro atoms. The van der Waals surface area contributed by atoms with Crippen molar-refractivity contribution in [3.63, 3.8) is 0 Å². The smallest absolute Gasteiger partial charge is 0.137 e. The molecule has 0 aliphatic heterocycles. The van der Waals surface area contributed by atoms with Crippen LogP contribution in [0.5, 0.6) is 0 Å². The van der Waals surface area contributed by atoms with Gasteiger partial charge in [0.1, 0.15) is 18.0 Å². The zero-order valence-electron chi connectivity index (χ0n) is 13.0. The van der Waals surface area contributed by atoms with Crippen LogP contribution in [0.3, 0.4) is 0 Å². The second kappa shape index (κ2) is 7.02. The van der Waals surface area contributed by atoms with E-state index in [1.807, 2.05) is 25.1 Å². The standard InChI is InChI=1S/C16H23N5/c1-4-7-14-15(17)18-11-19-16(14)21(5-2)10-13-9-6-8-12(3)20-13/h6,8-9,11H,4-5,7,10H2,1-3H3,(H2,17,18,19). The molecule has 2 aromatic rings. The van der Waals surface area contributed by atoms with Gasteiger partial charge in [-0.15, -0.1) is 0 Å². The van der Waals surface area contributed by atoms with Gasteiger partial charge in [-0.25, -0.2) is 9.97 Å². The normalized spacial score (nSPS) is 10.6. The predicted molar refractivity (Wildman–Crippen MR) is 86.1 cm³/mol. The summed E-state index contributed by atoms with van der Waals surface area (Å²) in [5, 5.41) is 0. The van der Waals surface area contributed by atoms with Gasteiger partial charge in [-0.2, -0.15) is 0 Å². The molecule has 0 aromatic carbocycles. The number of rotatable bonds is 6. The first-order valence-corrected chi connectivity index (χ1v) is 7.42. The molecule has 2 aromatic heterocycles. The maximum absolute atomic E-state index is 6.02. The Kier molecular flexibility index (Phi) is 5.09. The largest absolute Gasteiger partial charge is 0.383 e. The Bertz CT molecular complexity index is 597. The third-order valence-corrected chi connectivity index (χ3v) is 3.44. The van der Waals surface area contributed by atoms with Gasteiger partial charge in [-0.05, 0) is 32.4 Å². The van der Waals surface area contributed by atoms with Crippen molar-refractivity contribution >= 4 is 11.6 Å². The van der Waals surface area contributed by atoms with E-state index in [2.05, 4.69) is 33.7 Å². The van der Waals surface area contributed by atoms with E-state index in [0.717, 1.165) is 48.7 Å². The van der Waals surface area contributed by atoms with Gasteiger partial charge in [0.05, 0.1) is 12.2 Å². The third kappa shape index (κ3) is 3.68. The van der Waals surface area contributed by atoms with Crippen molar-refractivity contribution in [2.24, 2.45) is 0 Å². The van der Waals surface area contributed by atoms with E-state index < -0.39 is 0 Å². The molecule has 2 rings (SSSR count). The first-order chi connectivity index (χ1) is 10.2. The Morgan fingerprint density at radius 2 is 2.00 bits per heavy atom. The van der Waals surface area contributed by atoms with E-state index in [-0.39, 0.29) is 0 Å². The number of anilines is 2. The number of hydrogen-bond donors (Lipinski definition) is 1. The van der Waals surface area contributed by atoms with Crippen LogP contribution in [0.15, 0.2) is 24.5 Å². The molecule has 21 heavy (non-hydrogen) atoms. The Morgan fingerprint density at radius 3 is 2.67 bits per heavy atom. The molecule has 0 saturated carbocycles. The van der Waals surface area contributed by atoms with Gasteiger partial charge < -0.3 is 10.6 Å². The summed E-state index contributed by atoms with van der Waals surface area (Å²) < 4.78 is 0. The van der Waals surface area contributed by atoms with Crippen LogP contribution in [0.4, 0.5) is 11.6 Å². The molecule has 5 heteroatoms. The average Bonchev–Trinajstić information content (AvgIpc) is 2.47. The minimum atomic E-state index is 0.581. The van der Waals surface area contributed by atoms with Crippen molar-refractivity contribution in [2.75, 3.05) is 17.2 Å². The first-order valence-electron chi connectivity index (χ1n) is 7.42. The van der Waals surface area contributed by atoms with Crippen LogP contribution in [-0.4, -0.2) is 21.5 Å². The summed E-state index contributed by atoms with van der Waals surface area (Å²) >= 11 is 0. The molecule has 0 atom stereocenters. The van der Waals surface area contributed by atoms with Gasteiger partial charge in [-0.3, -0.25) is 4.98 Å². The number of aryl methyl sites for hydroxylation is 1. The molecule has 0 amide bonds. The van der Waals surface area contributed by atoms with Gasteiger partial charge in [0, 0.05) is 17.8 Å². The van der Waals surface area contributed by atoms with Crippen molar-refractivity contribution in [1.29, 1.82) is 0 Å². The SMILES string of the molecule is CCCc1c(N)ncnc1N(CC)Cc1cccc(C)n1. The molecule has 0 aliphatic carbocycles. The summed E-state index contributed by atoms with van der Waals surface area (Å²) in [6.45, 7) is 7.83. The van der Waals surface area contributed by atoms with Gasteiger partial charge in [0.25, 0.3) is 0 Å². The maximum Gasteiger partial charge on any atom is 0.137 e. The van der Waals surface area contributed by atoms with E-state index >= 15 is 0 Å². The topological polar surface area (TPSA) is 67.9 Å². The van der Waals surface area contributed by atoms with E-state index in [9.17, 15) is 0 Å². The van der Waals surface area contributed by atoms with Gasteiger partial charge in [0.15, 0.2) is 0 Å². The number of hydrogen-bond acceptors (Lipinski definition) is 5. The molecule has 2 N–H and O–H groups in total. The summed E-state index contributed by atoms with van der Waals surface area (Å²) in [5.41, 5.74) is 9.13. The minimum Gasteiger partial charge on any atom is -0.383 e. The Morgan fingerprint density at radius 1 is 1.19 bits per heavy atom. The van der Waals surface area contributed by atoms with Crippen molar-refractivity contribution in [2.45, 2.75) is 40.2 Å². The maximum atomic E-state index is 6.02. The molecule has 2 heterocycles. The Hall–Kier alpha value is -2.17. The molecule has 5 nitrogen and oxygen atoms in total. The van der Waals surface area contributed by atoms with Crippen LogP contribution in [0.2, 0.25) is 0 Å². The van der Waals surface area contributed by atoms with Crippen LogP contribution in [0.1, 0.15) is 37.2 Å². The molecule has 112 valence electrons. The van der Waals surface area contributed by atoms with Crippen molar-refractivity contribution in [1.82, 2.24) is 15.0 Å². The van der Waals surface area contributed by atoms with Crippen LogP contribution in [0.25, 0.3) is 0 Å². The first kappa shape index (κ1) is 15.2. The average molecular weight is 285 g/mol. The Balaban J connectivity index is 2.31. The summed E-state index contributed by atoms with van der Waals surface area (Å²) in [4.78, 5) is 15.3. The zero-order chi connectivity index (χ0) is 15.2. The number of nitrogens with zero attached hydrogens (tertiary/aromatic N) is 4. The fourth-order valence-corrected chi connectivity index (χ4v) is 2.40. The van der Waals surface area contributed by atoms with Gasteiger partial charge in [0.2, 0.25) is 0 Å². The molecule has 0 saturated heterocycles. The van der Waals surface area contributed by atoms with E-state index in [4.69, 9.17) is 5.73 Å². The molecular formula is C16H23N5. The molecular weight excluding hydrogens is 262 g/mol. The summed E-state index contributed by atoms with van der Waals surface area (Å²) in [5.74, 6) is 1.51. The van der Waals surface area contributed by atoms with Crippen LogP contribution in [0, 0.1) is 6.92 Å². The highest BCUT2D eigenvalue weighted by molar-refractivity contribution is 5.56. The lowest BCUT2D eigenvalue weighted by Gasteiger charge is -2.24. The van der Waals surface area contributed by atoms with Gasteiger partial charge in [-0.1, -0.05) is 19.4 Å². The number of nitrogens with two attached hydrogens (primary N) is 1. The molecule has 0 aliphatic rings. The van der Waals surface area contributed by atoms with Crippen molar-refractivity contribution < 1.29 is 0 Å². The number of aromatic nitrogens is 3. The quantitative estimate of drug-likeness (QED) is 0.884. The fourth-order valence-electron chi connectivity index (χ4n) is 2.40. The summed E-state index contributed by atoms with van der Waals surface area (Å²) in [7, 11) is 0. The highest BCUT2D eigenvalue weighted by atomic mass is 15.2. The van der Waals surface area contributed by atoms with Crippen molar-refractivity contribution in [3.8, 4) is 0 Å². The Labute approximate surface area is 126 Å². The minimum absolute atomic E-state index is 0.581. The predicted octanol–water partition coefficient (Wildman–Crippen LogP) is 2.74. The highest BCUT2D eigenvalue weighted by Crippen LogP contribution is 2.24. The number of pyridine rings is 1. The zero-order valence-corrected chi connectivity index (χ0v) is 13.0. The molecule has 0 fully saturated rings. The summed E-state index contributed by atoms with van der Waals surface area (Å²) in [6.07, 6.45) is 3.45. The van der Waals surface area contributed by atoms with Crippen LogP contribution >= 0.6 is 0 Å².